The number of aliphatic hydroxyl groups excluding tert-OH is 1. The molecule has 1 N–H and O–H groups in total. The van der Waals surface area contributed by atoms with E-state index in [-0.39, 0.29) is 11.5 Å². The van der Waals surface area contributed by atoms with E-state index in [2.05, 4.69) is 18.7 Å². The summed E-state index contributed by atoms with van der Waals surface area (Å²) in [5.41, 5.74) is 0.374. The van der Waals surface area contributed by atoms with Crippen molar-refractivity contribution in [2.75, 3.05) is 26.2 Å². The summed E-state index contributed by atoms with van der Waals surface area (Å²) < 4.78 is 32.5. The highest BCUT2D eigenvalue weighted by Crippen LogP contribution is 2.29. The molecule has 0 bridgehead atoms. The van der Waals surface area contributed by atoms with Crippen LogP contribution in [-0.2, 0) is 16.6 Å². The fourth-order valence-corrected chi connectivity index (χ4v) is 4.65. The summed E-state index contributed by atoms with van der Waals surface area (Å²) in [6.45, 7) is 9.57. The summed E-state index contributed by atoms with van der Waals surface area (Å²) >= 11 is 0. The monoisotopic (exact) mass is 316 g/mol. The van der Waals surface area contributed by atoms with Gasteiger partial charge < -0.3 is 9.52 Å². The van der Waals surface area contributed by atoms with Crippen molar-refractivity contribution in [3.63, 3.8) is 0 Å². The molecule has 1 fully saturated rings. The molecule has 0 aromatic carbocycles. The molecule has 0 saturated carbocycles. The van der Waals surface area contributed by atoms with Gasteiger partial charge in [0.05, 0.1) is 6.61 Å². The third-order valence-corrected chi connectivity index (χ3v) is 6.18. The van der Waals surface area contributed by atoms with Crippen LogP contribution in [0.25, 0.3) is 0 Å². The van der Waals surface area contributed by atoms with E-state index in [0.29, 0.717) is 36.2 Å². The summed E-state index contributed by atoms with van der Waals surface area (Å²) in [6, 6.07) is 0.417. The van der Waals surface area contributed by atoms with E-state index < -0.39 is 10.0 Å². The van der Waals surface area contributed by atoms with E-state index in [0.717, 1.165) is 13.1 Å². The van der Waals surface area contributed by atoms with E-state index in [1.807, 2.05) is 0 Å². The van der Waals surface area contributed by atoms with Gasteiger partial charge in [-0.15, -0.1) is 0 Å². The smallest absolute Gasteiger partial charge is 0.247 e. The molecule has 7 heteroatoms. The van der Waals surface area contributed by atoms with Gasteiger partial charge in [-0.05, 0) is 27.7 Å². The summed E-state index contributed by atoms with van der Waals surface area (Å²) in [5.74, 6) is 0.817. The Hall–Kier alpha value is -0.890. The number of rotatable bonds is 4. The minimum Gasteiger partial charge on any atom is -0.465 e. The van der Waals surface area contributed by atoms with Gasteiger partial charge in [-0.3, -0.25) is 4.90 Å². The number of piperazine rings is 1. The first-order valence-electron chi connectivity index (χ1n) is 7.23. The van der Waals surface area contributed by atoms with Crippen LogP contribution in [0.5, 0.6) is 0 Å². The van der Waals surface area contributed by atoms with Crippen LogP contribution in [0.3, 0.4) is 0 Å². The van der Waals surface area contributed by atoms with Crippen molar-refractivity contribution in [1.82, 2.24) is 9.21 Å². The Kier molecular flexibility index (Phi) is 4.77. The average Bonchev–Trinajstić information content (AvgIpc) is 2.73. The molecule has 2 heterocycles. The van der Waals surface area contributed by atoms with Crippen LogP contribution in [0.1, 0.15) is 30.9 Å². The number of hydrogen-bond donors (Lipinski definition) is 1. The van der Waals surface area contributed by atoms with Gasteiger partial charge in [-0.2, -0.15) is 4.31 Å². The summed E-state index contributed by atoms with van der Waals surface area (Å²) in [5, 5.41) is 9.44. The molecule has 2 rings (SSSR count). The highest BCUT2D eigenvalue weighted by molar-refractivity contribution is 7.89. The Bertz CT molecular complexity index is 599. The average molecular weight is 316 g/mol. The molecule has 120 valence electrons. The van der Waals surface area contributed by atoms with Crippen molar-refractivity contribution in [3.05, 3.63) is 17.1 Å². The molecule has 1 saturated heterocycles. The third kappa shape index (κ3) is 3.01. The molecule has 0 atom stereocenters. The molecule has 0 spiro atoms. The van der Waals surface area contributed by atoms with E-state index in [1.54, 1.807) is 13.8 Å². The minimum atomic E-state index is -3.61. The first kappa shape index (κ1) is 16.5. The van der Waals surface area contributed by atoms with Gasteiger partial charge in [-0.25, -0.2) is 8.42 Å². The normalized spacial score (nSPS) is 18.6. The third-order valence-electron chi connectivity index (χ3n) is 4.08. The van der Waals surface area contributed by atoms with E-state index in [4.69, 9.17) is 4.42 Å². The van der Waals surface area contributed by atoms with Gasteiger partial charge in [0.15, 0.2) is 0 Å². The molecule has 21 heavy (non-hydrogen) atoms. The van der Waals surface area contributed by atoms with E-state index in [1.165, 1.54) is 4.31 Å². The lowest BCUT2D eigenvalue weighted by Crippen LogP contribution is -2.50. The number of sulfonamides is 1. The fraction of sp³-hybridized carbons (Fsp3) is 0.714. The van der Waals surface area contributed by atoms with Gasteiger partial charge >= 0.3 is 0 Å². The molecule has 6 nitrogen and oxygen atoms in total. The second-order valence-electron chi connectivity index (χ2n) is 5.71. The van der Waals surface area contributed by atoms with Crippen LogP contribution in [0.2, 0.25) is 0 Å². The van der Waals surface area contributed by atoms with Crippen LogP contribution in [-0.4, -0.2) is 55.0 Å². The summed E-state index contributed by atoms with van der Waals surface area (Å²) in [7, 11) is -3.61. The Labute approximate surface area is 126 Å². The zero-order valence-electron chi connectivity index (χ0n) is 13.1. The largest absolute Gasteiger partial charge is 0.465 e. The molecule has 1 aliphatic rings. The van der Waals surface area contributed by atoms with E-state index in [9.17, 15) is 13.5 Å². The fourth-order valence-electron chi connectivity index (χ4n) is 2.82. The van der Waals surface area contributed by atoms with Crippen molar-refractivity contribution in [3.8, 4) is 0 Å². The zero-order valence-corrected chi connectivity index (χ0v) is 13.9. The maximum atomic E-state index is 12.8. The van der Waals surface area contributed by atoms with Crippen molar-refractivity contribution >= 4 is 10.0 Å². The molecule has 0 amide bonds. The van der Waals surface area contributed by atoms with Crippen LogP contribution < -0.4 is 0 Å². The molecule has 1 aliphatic heterocycles. The second-order valence-corrected chi connectivity index (χ2v) is 7.59. The minimum absolute atomic E-state index is 0.139. The quantitative estimate of drug-likeness (QED) is 0.900. The van der Waals surface area contributed by atoms with E-state index >= 15 is 0 Å². The SMILES string of the molecule is Cc1oc(C)c(S(=O)(=O)N2CCN(C(C)C)CC2)c1CO. The molecule has 1 aromatic rings. The molecule has 0 unspecified atom stereocenters. The first-order valence-corrected chi connectivity index (χ1v) is 8.67. The summed E-state index contributed by atoms with van der Waals surface area (Å²) in [6.07, 6.45) is 0. The molecule has 0 radical (unpaired) electrons. The number of aliphatic hydroxyl groups is 1. The van der Waals surface area contributed by atoms with Crippen molar-refractivity contribution in [2.24, 2.45) is 0 Å². The van der Waals surface area contributed by atoms with Gasteiger partial charge in [0.25, 0.3) is 0 Å². The maximum absolute atomic E-state index is 12.8. The Morgan fingerprint density at radius 1 is 1.14 bits per heavy atom. The van der Waals surface area contributed by atoms with Crippen molar-refractivity contribution < 1.29 is 17.9 Å². The topological polar surface area (TPSA) is 74.0 Å². The molecular weight excluding hydrogens is 292 g/mol. The lowest BCUT2D eigenvalue weighted by atomic mass is 10.2. The highest BCUT2D eigenvalue weighted by atomic mass is 32.2. The lowest BCUT2D eigenvalue weighted by Gasteiger charge is -2.36. The number of aryl methyl sites for hydroxylation is 2. The van der Waals surface area contributed by atoms with Gasteiger partial charge in [0.1, 0.15) is 16.4 Å². The van der Waals surface area contributed by atoms with Crippen molar-refractivity contribution in [2.45, 2.75) is 45.2 Å². The van der Waals surface area contributed by atoms with Crippen LogP contribution in [0, 0.1) is 13.8 Å². The maximum Gasteiger partial charge on any atom is 0.247 e. The Balaban J connectivity index is 2.28. The molecular formula is C14H24N2O4S. The lowest BCUT2D eigenvalue weighted by molar-refractivity contribution is 0.154. The zero-order chi connectivity index (χ0) is 15.8. The highest BCUT2D eigenvalue weighted by Gasteiger charge is 2.34. The van der Waals surface area contributed by atoms with Gasteiger partial charge in [-0.1, -0.05) is 0 Å². The Morgan fingerprint density at radius 3 is 2.19 bits per heavy atom. The number of nitrogens with zero attached hydrogens (tertiary/aromatic N) is 2. The first-order chi connectivity index (χ1) is 9.78. The summed E-state index contributed by atoms with van der Waals surface area (Å²) in [4.78, 5) is 2.40. The van der Waals surface area contributed by atoms with Crippen LogP contribution >= 0.6 is 0 Å². The van der Waals surface area contributed by atoms with Gasteiger partial charge in [0.2, 0.25) is 10.0 Å². The van der Waals surface area contributed by atoms with Crippen molar-refractivity contribution in [1.29, 1.82) is 0 Å². The van der Waals surface area contributed by atoms with Gasteiger partial charge in [0, 0.05) is 37.8 Å². The predicted molar refractivity (Wildman–Crippen MR) is 79.6 cm³/mol. The standard InChI is InChI=1S/C14H24N2O4S/c1-10(2)15-5-7-16(8-6-15)21(18,19)14-12(4)20-11(3)13(14)9-17/h10,17H,5-9H2,1-4H3. The van der Waals surface area contributed by atoms with Crippen LogP contribution in [0.15, 0.2) is 9.31 Å². The molecule has 0 aliphatic carbocycles. The van der Waals surface area contributed by atoms with Crippen LogP contribution in [0.4, 0.5) is 0 Å². The predicted octanol–water partition coefficient (Wildman–Crippen LogP) is 1.10. The number of hydrogen-bond acceptors (Lipinski definition) is 5. The molecule has 1 aromatic heterocycles. The Morgan fingerprint density at radius 2 is 1.71 bits per heavy atom. The number of furan rings is 1. The second kappa shape index (κ2) is 6.08.